The lowest BCUT2D eigenvalue weighted by atomic mass is 9.75. The summed E-state index contributed by atoms with van der Waals surface area (Å²) in [4.78, 5) is 6.93. The summed E-state index contributed by atoms with van der Waals surface area (Å²) in [5, 5.41) is 5.14. The molecule has 0 N–H and O–H groups in total. The minimum Gasteiger partial charge on any atom is -0.349 e. The predicted octanol–water partition coefficient (Wildman–Crippen LogP) is 2.83. The molecule has 0 atom stereocenters. The van der Waals surface area contributed by atoms with Gasteiger partial charge in [-0.2, -0.15) is 5.10 Å². The van der Waals surface area contributed by atoms with Gasteiger partial charge >= 0.3 is 0 Å². The lowest BCUT2D eigenvalue weighted by molar-refractivity contribution is 0.332. The monoisotopic (exact) mass is 344 g/mol. The van der Waals surface area contributed by atoms with Crippen molar-refractivity contribution in [3.63, 3.8) is 0 Å². The summed E-state index contributed by atoms with van der Waals surface area (Å²) in [6.07, 6.45) is 3.99. The number of aromatic nitrogens is 3. The van der Waals surface area contributed by atoms with Crippen molar-refractivity contribution >= 4 is 19.6 Å². The van der Waals surface area contributed by atoms with Crippen molar-refractivity contribution in [3.05, 3.63) is 46.0 Å². The number of halogens is 1. The van der Waals surface area contributed by atoms with Crippen LogP contribution in [0.25, 0.3) is 0 Å². The van der Waals surface area contributed by atoms with Crippen LogP contribution < -0.4 is 0 Å². The summed E-state index contributed by atoms with van der Waals surface area (Å²) < 4.78 is 1.88. The van der Waals surface area contributed by atoms with Gasteiger partial charge in [-0.1, -0.05) is 17.7 Å². The van der Waals surface area contributed by atoms with Gasteiger partial charge in [0.2, 0.25) is 0 Å². The van der Waals surface area contributed by atoms with E-state index in [9.17, 15) is 0 Å². The highest BCUT2D eigenvalue weighted by molar-refractivity contribution is 6.31. The van der Waals surface area contributed by atoms with E-state index in [2.05, 4.69) is 55.8 Å². The fraction of sp³-hybridized carbons (Fsp3) is 0.556. The van der Waals surface area contributed by atoms with Gasteiger partial charge in [-0.3, -0.25) is 4.68 Å². The van der Waals surface area contributed by atoms with E-state index in [1.54, 1.807) is 6.33 Å². The van der Waals surface area contributed by atoms with Crippen LogP contribution in [-0.2, 0) is 12.5 Å². The maximum Gasteiger partial charge on any atom is 0.185 e. The molecule has 1 fully saturated rings. The van der Waals surface area contributed by atoms with Gasteiger partial charge in [0, 0.05) is 17.5 Å². The van der Waals surface area contributed by atoms with Gasteiger partial charge in [0.05, 0.1) is 0 Å². The first-order valence-corrected chi connectivity index (χ1v) is 9.02. The van der Waals surface area contributed by atoms with Gasteiger partial charge in [0.1, 0.15) is 12.2 Å². The van der Waals surface area contributed by atoms with Gasteiger partial charge in [-0.25, -0.2) is 4.98 Å². The molecule has 1 aliphatic heterocycles. The Labute approximate surface area is 150 Å². The van der Waals surface area contributed by atoms with Gasteiger partial charge < -0.3 is 4.81 Å². The van der Waals surface area contributed by atoms with Crippen LogP contribution in [0.5, 0.6) is 0 Å². The van der Waals surface area contributed by atoms with Crippen LogP contribution in [0, 0.1) is 6.92 Å². The van der Waals surface area contributed by atoms with Gasteiger partial charge in [-0.15, -0.1) is 0 Å². The summed E-state index contributed by atoms with van der Waals surface area (Å²) in [6, 6.07) is 4.45. The average molecular weight is 345 g/mol. The van der Waals surface area contributed by atoms with E-state index >= 15 is 0 Å². The molecule has 1 aliphatic rings. The highest BCUT2D eigenvalue weighted by atomic mass is 35.5. The summed E-state index contributed by atoms with van der Waals surface area (Å²) in [5.41, 5.74) is 3.62. The minimum absolute atomic E-state index is 0.209. The zero-order valence-corrected chi connectivity index (χ0v) is 16.1. The molecule has 0 spiro atoms. The summed E-state index contributed by atoms with van der Waals surface area (Å²) in [7, 11) is 4.16. The molecule has 2 aromatic rings. The Kier molecular flexibility index (Phi) is 4.76. The Balaban J connectivity index is 2.09. The second kappa shape index (κ2) is 6.53. The normalized spacial score (nSPS) is 17.4. The van der Waals surface area contributed by atoms with Crippen molar-refractivity contribution in [2.24, 2.45) is 7.05 Å². The zero-order chi connectivity index (χ0) is 17.5. The van der Waals surface area contributed by atoms with Crippen LogP contribution in [0.3, 0.4) is 0 Å². The lowest BCUT2D eigenvalue weighted by Gasteiger charge is -2.34. The van der Waals surface area contributed by atoms with Crippen LogP contribution in [0.15, 0.2) is 18.5 Å². The molecule has 0 saturated carbocycles. The van der Waals surface area contributed by atoms with Gasteiger partial charge in [0.15, 0.2) is 7.98 Å². The van der Waals surface area contributed by atoms with Crippen molar-refractivity contribution in [1.82, 2.24) is 19.6 Å². The van der Waals surface area contributed by atoms with Gasteiger partial charge in [0.25, 0.3) is 0 Å². The number of benzene rings is 1. The van der Waals surface area contributed by atoms with Gasteiger partial charge in [-0.05, 0) is 75.4 Å². The SMILES string of the molecule is BN1CCC(c2cc(Cl)c(C)cc2C(C)(C)c2ncnn2C)CC1. The topological polar surface area (TPSA) is 34.0 Å². The van der Waals surface area contributed by atoms with Crippen molar-refractivity contribution in [2.45, 2.75) is 44.9 Å². The summed E-state index contributed by atoms with van der Waals surface area (Å²) in [6.45, 7) is 8.83. The van der Waals surface area contributed by atoms with E-state index in [0.717, 1.165) is 29.5 Å². The Morgan fingerprint density at radius 1 is 1.25 bits per heavy atom. The van der Waals surface area contributed by atoms with E-state index in [-0.39, 0.29) is 5.41 Å². The fourth-order valence-electron chi connectivity index (χ4n) is 3.88. The number of piperidine rings is 1. The van der Waals surface area contributed by atoms with Crippen molar-refractivity contribution in [3.8, 4) is 0 Å². The molecule has 0 unspecified atom stereocenters. The van der Waals surface area contributed by atoms with E-state index in [0.29, 0.717) is 5.92 Å². The quantitative estimate of drug-likeness (QED) is 0.803. The average Bonchev–Trinajstić information content (AvgIpc) is 2.97. The molecular weight excluding hydrogens is 318 g/mol. The van der Waals surface area contributed by atoms with Crippen molar-refractivity contribution < 1.29 is 0 Å². The van der Waals surface area contributed by atoms with E-state index < -0.39 is 0 Å². The molecule has 4 nitrogen and oxygen atoms in total. The number of hydrogen-bond donors (Lipinski definition) is 0. The fourth-order valence-corrected chi connectivity index (χ4v) is 4.05. The molecule has 3 rings (SSSR count). The minimum atomic E-state index is -0.209. The molecular formula is C18H26BClN4. The largest absolute Gasteiger partial charge is 0.349 e. The molecule has 2 heterocycles. The van der Waals surface area contributed by atoms with Crippen molar-refractivity contribution in [1.29, 1.82) is 0 Å². The zero-order valence-electron chi connectivity index (χ0n) is 15.3. The Morgan fingerprint density at radius 2 is 1.92 bits per heavy atom. The predicted molar refractivity (Wildman–Crippen MR) is 101 cm³/mol. The number of rotatable bonds is 3. The van der Waals surface area contributed by atoms with Crippen LogP contribution in [0.4, 0.5) is 0 Å². The third kappa shape index (κ3) is 3.12. The molecule has 1 saturated heterocycles. The standard InChI is InChI=1S/C18H26BClN4/c1-12-9-15(18(2,3)17-21-11-22-23(17)4)14(10-16(12)20)13-5-7-24(19)8-6-13/h9-11,13H,5-8,19H2,1-4H3. The molecule has 0 aliphatic carbocycles. The Hall–Kier alpha value is -1.33. The maximum atomic E-state index is 6.50. The third-order valence-electron chi connectivity index (χ3n) is 5.43. The lowest BCUT2D eigenvalue weighted by Crippen LogP contribution is -2.32. The molecule has 1 aromatic heterocycles. The maximum absolute atomic E-state index is 6.50. The summed E-state index contributed by atoms with van der Waals surface area (Å²) in [5.74, 6) is 1.54. The van der Waals surface area contributed by atoms with Crippen LogP contribution in [-0.4, -0.2) is 40.6 Å². The molecule has 1 aromatic carbocycles. The molecule has 128 valence electrons. The van der Waals surface area contributed by atoms with Crippen LogP contribution in [0.1, 0.15) is 55.1 Å². The second-order valence-corrected chi connectivity index (χ2v) is 8.01. The van der Waals surface area contributed by atoms with E-state index in [4.69, 9.17) is 11.6 Å². The molecule has 0 radical (unpaired) electrons. The third-order valence-corrected chi connectivity index (χ3v) is 5.84. The van der Waals surface area contributed by atoms with Crippen molar-refractivity contribution in [2.75, 3.05) is 13.1 Å². The van der Waals surface area contributed by atoms with Crippen LogP contribution in [0.2, 0.25) is 5.02 Å². The molecule has 24 heavy (non-hydrogen) atoms. The highest BCUT2D eigenvalue weighted by Crippen LogP contribution is 2.40. The van der Waals surface area contributed by atoms with E-state index in [1.165, 1.54) is 24.0 Å². The number of aryl methyl sites for hydroxylation is 2. The first kappa shape index (κ1) is 17.5. The smallest absolute Gasteiger partial charge is 0.185 e. The van der Waals surface area contributed by atoms with Crippen LogP contribution >= 0.6 is 11.6 Å². The first-order chi connectivity index (χ1) is 11.3. The summed E-state index contributed by atoms with van der Waals surface area (Å²) >= 11 is 6.50. The van der Waals surface area contributed by atoms with E-state index in [1.807, 2.05) is 11.7 Å². The molecule has 6 heteroatoms. The highest BCUT2D eigenvalue weighted by Gasteiger charge is 2.33. The first-order valence-electron chi connectivity index (χ1n) is 8.64. The number of nitrogens with zero attached hydrogens (tertiary/aromatic N) is 4. The Bertz CT molecular complexity index is 733. The molecule has 0 bridgehead atoms. The molecule has 0 amide bonds. The number of hydrogen-bond acceptors (Lipinski definition) is 3. The second-order valence-electron chi connectivity index (χ2n) is 7.60. The Morgan fingerprint density at radius 3 is 2.50 bits per heavy atom.